The van der Waals surface area contributed by atoms with Crippen molar-refractivity contribution < 1.29 is 9.53 Å². The largest absolute Gasteiger partial charge is 0.497 e. The molecule has 0 aliphatic heterocycles. The molecule has 2 aromatic carbocycles. The molecular formula is C23H27ClN2O2S. The topological polar surface area (TPSA) is 51.2 Å². The molecule has 1 N–H and O–H groups in total. The van der Waals surface area contributed by atoms with Crippen LogP contribution in [0.25, 0.3) is 11.3 Å². The van der Waals surface area contributed by atoms with Crippen LogP contribution >= 0.6 is 22.9 Å². The van der Waals surface area contributed by atoms with Gasteiger partial charge in [-0.1, -0.05) is 39.3 Å². The van der Waals surface area contributed by atoms with Crippen molar-refractivity contribution in [2.75, 3.05) is 12.4 Å². The second-order valence-electron chi connectivity index (χ2n) is 6.01. The van der Waals surface area contributed by atoms with Crippen molar-refractivity contribution >= 4 is 34.5 Å². The van der Waals surface area contributed by atoms with Gasteiger partial charge in [-0.2, -0.15) is 0 Å². The lowest BCUT2D eigenvalue weighted by Crippen LogP contribution is -2.14. The third kappa shape index (κ3) is 5.58. The minimum absolute atomic E-state index is 0.166. The van der Waals surface area contributed by atoms with Crippen LogP contribution < -0.4 is 10.1 Å². The second kappa shape index (κ2) is 11.0. The van der Waals surface area contributed by atoms with Crippen molar-refractivity contribution in [3.05, 3.63) is 62.9 Å². The number of hydrogen-bond donors (Lipinski definition) is 1. The molecule has 4 nitrogen and oxygen atoms in total. The average Bonchev–Trinajstić information content (AvgIpc) is 3.23. The minimum Gasteiger partial charge on any atom is -0.497 e. The number of carbonyl (C=O) groups excluding carboxylic acids is 1. The molecule has 0 aliphatic carbocycles. The van der Waals surface area contributed by atoms with Gasteiger partial charge in [-0.3, -0.25) is 4.79 Å². The van der Waals surface area contributed by atoms with E-state index in [1.54, 1.807) is 36.6 Å². The fourth-order valence-electron chi connectivity index (χ4n) is 2.81. The summed E-state index contributed by atoms with van der Waals surface area (Å²) in [6.07, 6.45) is 1.64. The first-order valence-corrected chi connectivity index (χ1v) is 11.0. The van der Waals surface area contributed by atoms with E-state index in [0.717, 1.165) is 40.4 Å². The fraction of sp³-hybridized carbons (Fsp3) is 0.304. The summed E-state index contributed by atoms with van der Waals surface area (Å²) >= 11 is 8.06. The van der Waals surface area contributed by atoms with Crippen molar-refractivity contribution in [3.8, 4) is 17.0 Å². The average molecular weight is 431 g/mol. The molecule has 1 heterocycles. The molecule has 1 amide bonds. The summed E-state index contributed by atoms with van der Waals surface area (Å²) in [6, 6.07) is 11.0. The Labute approximate surface area is 181 Å². The van der Waals surface area contributed by atoms with E-state index in [4.69, 9.17) is 16.3 Å². The Bertz CT molecular complexity index is 969. The van der Waals surface area contributed by atoms with Crippen LogP contribution in [0, 0.1) is 0 Å². The third-order valence-corrected chi connectivity index (χ3v) is 5.60. The fourth-order valence-corrected chi connectivity index (χ4v) is 3.83. The third-order valence-electron chi connectivity index (χ3n) is 4.30. The molecule has 1 aromatic heterocycles. The maximum absolute atomic E-state index is 12.7. The van der Waals surface area contributed by atoms with Gasteiger partial charge in [0, 0.05) is 22.2 Å². The summed E-state index contributed by atoms with van der Waals surface area (Å²) in [5.41, 5.74) is 3.94. The minimum atomic E-state index is -0.166. The lowest BCUT2D eigenvalue weighted by atomic mass is 10.0. The number of aromatic nitrogens is 1. The number of rotatable bonds is 6. The number of halogens is 1. The quantitative estimate of drug-likeness (QED) is 0.463. The van der Waals surface area contributed by atoms with Crippen molar-refractivity contribution in [2.24, 2.45) is 0 Å². The zero-order chi connectivity index (χ0) is 21.4. The van der Waals surface area contributed by atoms with Crippen LogP contribution in [0.1, 0.15) is 48.6 Å². The Morgan fingerprint density at radius 1 is 1.14 bits per heavy atom. The lowest BCUT2D eigenvalue weighted by molar-refractivity contribution is 0.102. The van der Waals surface area contributed by atoms with Gasteiger partial charge in [-0.15, -0.1) is 11.3 Å². The van der Waals surface area contributed by atoms with E-state index in [1.165, 1.54) is 0 Å². The Kier molecular flexibility index (Phi) is 8.68. The first-order chi connectivity index (χ1) is 14.0. The van der Waals surface area contributed by atoms with Gasteiger partial charge >= 0.3 is 0 Å². The summed E-state index contributed by atoms with van der Waals surface area (Å²) in [4.78, 5) is 17.3. The number of nitrogens with zero attached hydrogens (tertiary/aromatic N) is 1. The Morgan fingerprint density at radius 3 is 2.48 bits per heavy atom. The number of amides is 1. The van der Waals surface area contributed by atoms with E-state index < -0.39 is 0 Å². The lowest BCUT2D eigenvalue weighted by Gasteiger charge is -2.11. The van der Waals surface area contributed by atoms with Gasteiger partial charge in [-0.05, 0) is 54.8 Å². The van der Waals surface area contributed by atoms with Crippen molar-refractivity contribution in [1.29, 1.82) is 0 Å². The number of hydrogen-bond acceptors (Lipinski definition) is 4. The van der Waals surface area contributed by atoms with E-state index >= 15 is 0 Å². The van der Waals surface area contributed by atoms with Gasteiger partial charge in [0.15, 0.2) is 0 Å². The molecule has 0 aliphatic rings. The number of aryl methyl sites for hydroxylation is 2. The number of nitrogens with one attached hydrogen (secondary N) is 1. The molecule has 0 spiro atoms. The first-order valence-electron chi connectivity index (χ1n) is 9.78. The van der Waals surface area contributed by atoms with E-state index in [0.29, 0.717) is 16.3 Å². The van der Waals surface area contributed by atoms with Crippen LogP contribution in [0.3, 0.4) is 0 Å². The molecule has 3 rings (SSSR count). The van der Waals surface area contributed by atoms with E-state index in [2.05, 4.69) is 17.2 Å². The van der Waals surface area contributed by atoms with Crippen LogP contribution in [-0.4, -0.2) is 18.0 Å². The molecule has 6 heteroatoms. The number of methoxy groups -OCH3 is 1. The maximum Gasteiger partial charge on any atom is 0.255 e. The van der Waals surface area contributed by atoms with Gasteiger partial charge in [0.05, 0.1) is 22.8 Å². The molecule has 0 saturated heterocycles. The molecule has 154 valence electrons. The van der Waals surface area contributed by atoms with Gasteiger partial charge in [0.1, 0.15) is 5.75 Å². The molecule has 0 radical (unpaired) electrons. The van der Waals surface area contributed by atoms with Crippen molar-refractivity contribution in [3.63, 3.8) is 0 Å². The predicted molar refractivity (Wildman–Crippen MR) is 124 cm³/mol. The van der Waals surface area contributed by atoms with Crippen LogP contribution in [-0.2, 0) is 12.8 Å². The highest BCUT2D eigenvalue weighted by Crippen LogP contribution is 2.31. The highest BCUT2D eigenvalue weighted by molar-refractivity contribution is 7.09. The first kappa shape index (κ1) is 22.9. The second-order valence-corrected chi connectivity index (χ2v) is 7.36. The molecule has 0 fully saturated rings. The summed E-state index contributed by atoms with van der Waals surface area (Å²) in [7, 11) is 1.61. The zero-order valence-electron chi connectivity index (χ0n) is 17.5. The highest BCUT2D eigenvalue weighted by atomic mass is 35.5. The standard InChI is InChI=1S/C21H21ClN2O2S.C2H6/c1-4-13-10-15(26-3)7-9-16(13)21(25)23-14-6-8-17(18(22)11-14)19-12-27-20(5-2)24-19;1-2/h6-12H,4-5H2,1-3H3,(H,23,25);1-2H3. The number of benzene rings is 2. The van der Waals surface area contributed by atoms with Crippen LogP contribution in [0.15, 0.2) is 41.8 Å². The van der Waals surface area contributed by atoms with Gasteiger partial charge in [-0.25, -0.2) is 4.98 Å². The molecule has 29 heavy (non-hydrogen) atoms. The SMILES string of the molecule is CC.CCc1nc(-c2ccc(NC(=O)c3ccc(OC)cc3CC)cc2Cl)cs1. The molecule has 0 atom stereocenters. The summed E-state index contributed by atoms with van der Waals surface area (Å²) in [5.74, 6) is 0.575. The van der Waals surface area contributed by atoms with Gasteiger partial charge in [0.2, 0.25) is 0 Å². The van der Waals surface area contributed by atoms with E-state index in [-0.39, 0.29) is 5.91 Å². The van der Waals surface area contributed by atoms with Crippen molar-refractivity contribution in [2.45, 2.75) is 40.5 Å². The maximum atomic E-state index is 12.7. The normalized spacial score (nSPS) is 10.1. The molecule has 0 bridgehead atoms. The van der Waals surface area contributed by atoms with Gasteiger partial charge < -0.3 is 10.1 Å². The van der Waals surface area contributed by atoms with Crippen molar-refractivity contribution in [1.82, 2.24) is 4.98 Å². The summed E-state index contributed by atoms with van der Waals surface area (Å²) in [5, 5.41) is 6.56. The summed E-state index contributed by atoms with van der Waals surface area (Å²) < 4.78 is 5.24. The zero-order valence-corrected chi connectivity index (χ0v) is 19.1. The number of thiazole rings is 1. The molecule has 0 saturated carbocycles. The Balaban J connectivity index is 0.00000145. The van der Waals surface area contributed by atoms with Gasteiger partial charge in [0.25, 0.3) is 5.91 Å². The predicted octanol–water partition coefficient (Wildman–Crippen LogP) is 6.88. The molecular weight excluding hydrogens is 404 g/mol. The Hall–Kier alpha value is -2.37. The van der Waals surface area contributed by atoms with Crippen LogP contribution in [0.2, 0.25) is 5.02 Å². The summed E-state index contributed by atoms with van der Waals surface area (Å²) in [6.45, 7) is 8.09. The van der Waals surface area contributed by atoms with Crippen LogP contribution in [0.4, 0.5) is 5.69 Å². The molecule has 3 aromatic rings. The van der Waals surface area contributed by atoms with Crippen LogP contribution in [0.5, 0.6) is 5.75 Å². The highest BCUT2D eigenvalue weighted by Gasteiger charge is 2.14. The number of anilines is 1. The van der Waals surface area contributed by atoms with E-state index in [1.807, 2.05) is 44.4 Å². The molecule has 0 unspecified atom stereocenters. The monoisotopic (exact) mass is 430 g/mol. The Morgan fingerprint density at radius 2 is 1.90 bits per heavy atom. The smallest absolute Gasteiger partial charge is 0.255 e. The number of carbonyl (C=O) groups is 1. The van der Waals surface area contributed by atoms with E-state index in [9.17, 15) is 4.79 Å². The number of ether oxygens (including phenoxy) is 1.